The Balaban J connectivity index is 0.976. The summed E-state index contributed by atoms with van der Waals surface area (Å²) in [6, 6.07) is 102. The minimum absolute atomic E-state index is 0.924. The number of aromatic nitrogens is 2. The second kappa shape index (κ2) is 18.8. The van der Waals surface area contributed by atoms with E-state index in [9.17, 15) is 0 Å². The summed E-state index contributed by atoms with van der Waals surface area (Å²) in [4.78, 5) is 7.67. The van der Waals surface area contributed by atoms with Crippen LogP contribution in [-0.2, 0) is 0 Å². The van der Waals surface area contributed by atoms with Gasteiger partial charge in [0.15, 0.2) is 0 Å². The van der Waals surface area contributed by atoms with Crippen LogP contribution in [0.25, 0.3) is 94.9 Å². The van der Waals surface area contributed by atoms with Crippen LogP contribution in [0.1, 0.15) is 0 Å². The summed E-state index contributed by atoms with van der Waals surface area (Å²) in [5, 5.41) is 0. The van der Waals surface area contributed by atoms with Crippen LogP contribution in [0.3, 0.4) is 0 Å². The molecule has 70 heavy (non-hydrogen) atoms. The molecule has 0 radical (unpaired) electrons. The van der Waals surface area contributed by atoms with Gasteiger partial charge in [0.1, 0.15) is 5.82 Å². The highest BCUT2D eigenvalue weighted by Gasteiger charge is 2.20. The summed E-state index contributed by atoms with van der Waals surface area (Å²) in [5.74, 6) is 0.924. The summed E-state index contributed by atoms with van der Waals surface area (Å²) in [5.41, 5.74) is 21.2. The first-order chi connectivity index (χ1) is 34.7. The molecule has 1 heterocycles. The highest BCUT2D eigenvalue weighted by atomic mass is 15.1. The molecule has 0 spiro atoms. The van der Waals surface area contributed by atoms with Crippen LogP contribution in [-0.4, -0.2) is 9.55 Å². The molecule has 1 aromatic heterocycles. The molecule has 0 aliphatic rings. The largest absolute Gasteiger partial charge is 0.310 e. The van der Waals surface area contributed by atoms with Crippen molar-refractivity contribution in [2.45, 2.75) is 0 Å². The molecule has 0 bridgehead atoms. The average Bonchev–Trinajstić information content (AvgIpc) is 3.84. The van der Waals surface area contributed by atoms with Crippen molar-refractivity contribution < 1.29 is 0 Å². The van der Waals surface area contributed by atoms with Crippen molar-refractivity contribution in [3.8, 4) is 83.8 Å². The number of para-hydroxylation sites is 1. The fourth-order valence-electron chi connectivity index (χ4n) is 9.68. The maximum atomic E-state index is 5.25. The molecule has 330 valence electrons. The zero-order valence-electron chi connectivity index (χ0n) is 38.5. The molecule has 12 rings (SSSR count). The third kappa shape index (κ3) is 8.49. The van der Waals surface area contributed by atoms with Crippen molar-refractivity contribution in [1.82, 2.24) is 9.55 Å². The number of hydrogen-bond donors (Lipinski definition) is 0. The van der Waals surface area contributed by atoms with E-state index in [0.717, 1.165) is 89.7 Å². The SMILES string of the molecule is c1ccc(-c2cc(-c3ccccc3)cc(N(c3ccc(-c4cccc(-c5ccc6c(c5)nc(-c5ccccc5)n6-c5ccccc5)c4)cc3)c3cc(-c4ccccc4)cc(-c4ccccc4)c3)c2)cc1. The maximum absolute atomic E-state index is 5.25. The van der Waals surface area contributed by atoms with Gasteiger partial charge in [-0.05, 0) is 146 Å². The van der Waals surface area contributed by atoms with Crippen LogP contribution in [0.5, 0.6) is 0 Å². The molecular weight excluding hydrogens is 847 g/mol. The Morgan fingerprint density at radius 1 is 0.243 bits per heavy atom. The molecule has 3 nitrogen and oxygen atoms in total. The Morgan fingerprint density at radius 3 is 1.04 bits per heavy atom. The standard InChI is InChI=1S/C67H47N3/c1-7-20-48(21-8-1)57-41-58(49-22-9-2-10-23-49)44-63(43-57)69(64-45-59(50-24-11-3-12-25-50)42-60(46-64)51-26-13-4-14-27-51)62-37-34-52(35-38-62)54-30-19-31-55(40-54)56-36-39-66-65(47-56)68-67(53-28-15-5-16-29-53)70(66)61-32-17-6-18-33-61/h1-47H. The Morgan fingerprint density at radius 2 is 0.586 bits per heavy atom. The van der Waals surface area contributed by atoms with Gasteiger partial charge in [0, 0.05) is 28.3 Å². The van der Waals surface area contributed by atoms with Gasteiger partial charge in [-0.2, -0.15) is 0 Å². The second-order valence-corrected chi connectivity index (χ2v) is 17.6. The maximum Gasteiger partial charge on any atom is 0.145 e. The number of rotatable bonds is 11. The van der Waals surface area contributed by atoms with E-state index in [0.29, 0.717) is 0 Å². The number of benzene rings is 11. The molecule has 0 N–H and O–H groups in total. The number of hydrogen-bond acceptors (Lipinski definition) is 2. The predicted octanol–water partition coefficient (Wildman–Crippen LogP) is 18.2. The Bertz CT molecular complexity index is 3480. The van der Waals surface area contributed by atoms with E-state index >= 15 is 0 Å². The number of imidazole rings is 1. The smallest absolute Gasteiger partial charge is 0.145 e. The number of fused-ring (bicyclic) bond motifs is 1. The molecule has 0 atom stereocenters. The van der Waals surface area contributed by atoms with E-state index in [1.165, 1.54) is 22.3 Å². The lowest BCUT2D eigenvalue weighted by Crippen LogP contribution is -2.11. The summed E-state index contributed by atoms with van der Waals surface area (Å²) >= 11 is 0. The van der Waals surface area contributed by atoms with Crippen LogP contribution < -0.4 is 4.90 Å². The van der Waals surface area contributed by atoms with Crippen LogP contribution in [0.2, 0.25) is 0 Å². The van der Waals surface area contributed by atoms with E-state index in [1.807, 2.05) is 6.07 Å². The van der Waals surface area contributed by atoms with E-state index in [1.54, 1.807) is 0 Å². The highest BCUT2D eigenvalue weighted by Crippen LogP contribution is 2.43. The molecule has 0 aliphatic heterocycles. The van der Waals surface area contributed by atoms with Gasteiger partial charge in [-0.25, -0.2) is 4.98 Å². The molecule has 0 unspecified atom stereocenters. The lowest BCUT2D eigenvalue weighted by atomic mass is 9.95. The topological polar surface area (TPSA) is 21.1 Å². The van der Waals surface area contributed by atoms with E-state index in [2.05, 4.69) is 289 Å². The van der Waals surface area contributed by atoms with E-state index < -0.39 is 0 Å². The minimum atomic E-state index is 0.924. The molecule has 0 fully saturated rings. The van der Waals surface area contributed by atoms with Gasteiger partial charge in [0.25, 0.3) is 0 Å². The van der Waals surface area contributed by atoms with E-state index in [4.69, 9.17) is 4.98 Å². The van der Waals surface area contributed by atoms with Crippen molar-refractivity contribution in [2.24, 2.45) is 0 Å². The fraction of sp³-hybridized carbons (Fsp3) is 0. The second-order valence-electron chi connectivity index (χ2n) is 17.6. The lowest BCUT2D eigenvalue weighted by molar-refractivity contribution is 1.10. The Kier molecular flexibility index (Phi) is 11.3. The Hall–Kier alpha value is -9.31. The van der Waals surface area contributed by atoms with Crippen molar-refractivity contribution in [2.75, 3.05) is 4.90 Å². The molecule has 0 aliphatic carbocycles. The molecular formula is C67H47N3. The normalized spacial score (nSPS) is 11.1. The molecule has 0 amide bonds. The summed E-state index contributed by atoms with van der Waals surface area (Å²) in [7, 11) is 0. The minimum Gasteiger partial charge on any atom is -0.310 e. The van der Waals surface area contributed by atoms with E-state index in [-0.39, 0.29) is 0 Å². The summed E-state index contributed by atoms with van der Waals surface area (Å²) in [6.45, 7) is 0. The summed E-state index contributed by atoms with van der Waals surface area (Å²) in [6.07, 6.45) is 0. The van der Waals surface area contributed by atoms with Gasteiger partial charge in [0.2, 0.25) is 0 Å². The van der Waals surface area contributed by atoms with Crippen LogP contribution >= 0.6 is 0 Å². The first kappa shape index (κ1) is 42.1. The Labute approximate surface area is 409 Å². The summed E-state index contributed by atoms with van der Waals surface area (Å²) < 4.78 is 2.26. The fourth-order valence-corrected chi connectivity index (χ4v) is 9.68. The van der Waals surface area contributed by atoms with Crippen molar-refractivity contribution in [1.29, 1.82) is 0 Å². The monoisotopic (exact) mass is 893 g/mol. The molecule has 0 saturated heterocycles. The highest BCUT2D eigenvalue weighted by molar-refractivity contribution is 5.91. The van der Waals surface area contributed by atoms with Crippen LogP contribution in [0, 0.1) is 0 Å². The van der Waals surface area contributed by atoms with Gasteiger partial charge in [0.05, 0.1) is 11.0 Å². The molecule has 3 heteroatoms. The lowest BCUT2D eigenvalue weighted by Gasteiger charge is -2.28. The van der Waals surface area contributed by atoms with Crippen molar-refractivity contribution in [3.05, 3.63) is 285 Å². The zero-order valence-corrected chi connectivity index (χ0v) is 38.5. The predicted molar refractivity (Wildman–Crippen MR) is 294 cm³/mol. The van der Waals surface area contributed by atoms with Gasteiger partial charge in [-0.15, -0.1) is 0 Å². The third-order valence-corrected chi connectivity index (χ3v) is 13.1. The number of anilines is 3. The van der Waals surface area contributed by atoms with Gasteiger partial charge in [-0.3, -0.25) is 4.57 Å². The van der Waals surface area contributed by atoms with Gasteiger partial charge < -0.3 is 4.90 Å². The average molecular weight is 894 g/mol. The third-order valence-electron chi connectivity index (χ3n) is 13.1. The first-order valence-corrected chi connectivity index (χ1v) is 23.8. The van der Waals surface area contributed by atoms with Gasteiger partial charge >= 0.3 is 0 Å². The molecule has 11 aromatic carbocycles. The first-order valence-electron chi connectivity index (χ1n) is 23.8. The molecule has 12 aromatic rings. The zero-order chi connectivity index (χ0) is 46.6. The van der Waals surface area contributed by atoms with Crippen molar-refractivity contribution >= 4 is 28.1 Å². The van der Waals surface area contributed by atoms with Crippen molar-refractivity contribution in [3.63, 3.8) is 0 Å². The number of nitrogens with zero attached hydrogens (tertiary/aromatic N) is 3. The van der Waals surface area contributed by atoms with Gasteiger partial charge in [-0.1, -0.05) is 206 Å². The quantitative estimate of drug-likeness (QED) is 0.129. The van der Waals surface area contributed by atoms with Crippen LogP contribution in [0.15, 0.2) is 285 Å². The molecule has 0 saturated carbocycles. The van der Waals surface area contributed by atoms with Crippen LogP contribution in [0.4, 0.5) is 17.1 Å².